The molecular formula is C16H26N4. The van der Waals surface area contributed by atoms with Gasteiger partial charge in [0.15, 0.2) is 0 Å². The fraction of sp³-hybridized carbons (Fsp3) is 0.688. The highest BCUT2D eigenvalue weighted by atomic mass is 15.3. The largest absolute Gasteiger partial charge is 0.351 e. The average Bonchev–Trinajstić information content (AvgIpc) is 2.46. The lowest BCUT2D eigenvalue weighted by Gasteiger charge is -2.48. The molecule has 2 fully saturated rings. The van der Waals surface area contributed by atoms with Crippen LogP contribution < -0.4 is 10.6 Å². The molecule has 2 aliphatic heterocycles. The number of piperazine rings is 1. The number of pyridine rings is 1. The van der Waals surface area contributed by atoms with Crippen LogP contribution in [0.15, 0.2) is 18.3 Å². The second-order valence-corrected chi connectivity index (χ2v) is 6.38. The van der Waals surface area contributed by atoms with Crippen molar-refractivity contribution >= 4 is 5.82 Å². The van der Waals surface area contributed by atoms with Gasteiger partial charge in [-0.15, -0.1) is 0 Å². The smallest absolute Gasteiger partial charge is 0.129 e. The van der Waals surface area contributed by atoms with Gasteiger partial charge in [-0.1, -0.05) is 6.42 Å². The van der Waals surface area contributed by atoms with Crippen molar-refractivity contribution in [3.63, 3.8) is 0 Å². The minimum Gasteiger partial charge on any atom is -0.351 e. The van der Waals surface area contributed by atoms with Crippen molar-refractivity contribution < 1.29 is 0 Å². The summed E-state index contributed by atoms with van der Waals surface area (Å²) in [6.07, 6.45) is 5.96. The third-order valence-corrected chi connectivity index (χ3v) is 4.78. The number of fused-ring (bicyclic) bond motifs is 1. The zero-order valence-electron chi connectivity index (χ0n) is 12.6. The Morgan fingerprint density at radius 2 is 2.20 bits per heavy atom. The molecule has 2 saturated heterocycles. The number of nitrogens with two attached hydrogens (primary N) is 1. The van der Waals surface area contributed by atoms with Crippen LogP contribution in [0.4, 0.5) is 5.82 Å². The van der Waals surface area contributed by atoms with E-state index in [1.807, 2.05) is 19.2 Å². The van der Waals surface area contributed by atoms with Gasteiger partial charge in [0.1, 0.15) is 5.82 Å². The van der Waals surface area contributed by atoms with Crippen LogP contribution in [0.25, 0.3) is 0 Å². The summed E-state index contributed by atoms with van der Waals surface area (Å²) in [5.74, 6) is 1.09. The zero-order valence-corrected chi connectivity index (χ0v) is 12.6. The summed E-state index contributed by atoms with van der Waals surface area (Å²) < 4.78 is 0. The molecule has 3 heterocycles. The summed E-state index contributed by atoms with van der Waals surface area (Å²) >= 11 is 0. The van der Waals surface area contributed by atoms with E-state index in [-0.39, 0.29) is 6.04 Å². The predicted molar refractivity (Wildman–Crippen MR) is 82.9 cm³/mol. The summed E-state index contributed by atoms with van der Waals surface area (Å²) in [6, 6.07) is 5.50. The van der Waals surface area contributed by atoms with Crippen LogP contribution in [0.3, 0.4) is 0 Å². The second kappa shape index (κ2) is 5.70. The van der Waals surface area contributed by atoms with Gasteiger partial charge in [-0.3, -0.25) is 4.90 Å². The molecule has 0 bridgehead atoms. The SMILES string of the molecule is CC1CN2CCCCC2CN1c1cc([C@@H](C)N)ccn1. The molecule has 4 nitrogen and oxygen atoms in total. The number of nitrogens with zero attached hydrogens (tertiary/aromatic N) is 3. The van der Waals surface area contributed by atoms with Crippen LogP contribution in [0, 0.1) is 0 Å². The van der Waals surface area contributed by atoms with Crippen LogP contribution in [0.5, 0.6) is 0 Å². The molecule has 0 aromatic carbocycles. The minimum absolute atomic E-state index is 0.0722. The van der Waals surface area contributed by atoms with E-state index < -0.39 is 0 Å². The van der Waals surface area contributed by atoms with E-state index in [4.69, 9.17) is 5.73 Å². The number of aromatic nitrogens is 1. The van der Waals surface area contributed by atoms with Gasteiger partial charge in [0, 0.05) is 37.4 Å². The second-order valence-electron chi connectivity index (χ2n) is 6.38. The summed E-state index contributed by atoms with van der Waals surface area (Å²) in [7, 11) is 0. The van der Waals surface area contributed by atoms with E-state index in [1.165, 1.54) is 31.4 Å². The molecule has 20 heavy (non-hydrogen) atoms. The first kappa shape index (κ1) is 13.8. The third-order valence-electron chi connectivity index (χ3n) is 4.78. The molecule has 1 aromatic heterocycles. The van der Waals surface area contributed by atoms with E-state index in [0.717, 1.165) is 18.9 Å². The number of anilines is 1. The average molecular weight is 274 g/mol. The molecule has 110 valence electrons. The summed E-state index contributed by atoms with van der Waals surface area (Å²) in [4.78, 5) is 9.72. The van der Waals surface area contributed by atoms with Crippen LogP contribution >= 0.6 is 0 Å². The fourth-order valence-electron chi connectivity index (χ4n) is 3.55. The summed E-state index contributed by atoms with van der Waals surface area (Å²) in [5.41, 5.74) is 7.17. The van der Waals surface area contributed by atoms with Crippen molar-refractivity contribution in [3.05, 3.63) is 23.9 Å². The highest BCUT2D eigenvalue weighted by Crippen LogP contribution is 2.27. The molecule has 2 unspecified atom stereocenters. The van der Waals surface area contributed by atoms with Gasteiger partial charge in [0.05, 0.1) is 0 Å². The molecular weight excluding hydrogens is 248 g/mol. The predicted octanol–water partition coefficient (Wildman–Crippen LogP) is 2.16. The monoisotopic (exact) mass is 274 g/mol. The molecule has 0 aliphatic carbocycles. The van der Waals surface area contributed by atoms with Gasteiger partial charge in [-0.2, -0.15) is 0 Å². The molecule has 3 atom stereocenters. The molecule has 2 aliphatic rings. The highest BCUT2D eigenvalue weighted by Gasteiger charge is 2.33. The topological polar surface area (TPSA) is 45.4 Å². The van der Waals surface area contributed by atoms with Crippen LogP contribution in [0.1, 0.15) is 44.7 Å². The lowest BCUT2D eigenvalue weighted by molar-refractivity contribution is 0.115. The molecule has 0 spiro atoms. The van der Waals surface area contributed by atoms with Gasteiger partial charge in [0.25, 0.3) is 0 Å². The molecule has 0 amide bonds. The van der Waals surface area contributed by atoms with Crippen LogP contribution in [0.2, 0.25) is 0 Å². The first-order chi connectivity index (χ1) is 9.65. The fourth-order valence-corrected chi connectivity index (χ4v) is 3.55. The number of piperidine rings is 1. The Morgan fingerprint density at radius 1 is 1.35 bits per heavy atom. The molecule has 4 heteroatoms. The van der Waals surface area contributed by atoms with E-state index in [9.17, 15) is 0 Å². The molecule has 1 aromatic rings. The van der Waals surface area contributed by atoms with Gasteiger partial charge >= 0.3 is 0 Å². The van der Waals surface area contributed by atoms with Gasteiger partial charge < -0.3 is 10.6 Å². The van der Waals surface area contributed by atoms with Gasteiger partial charge in [-0.05, 0) is 50.9 Å². The van der Waals surface area contributed by atoms with E-state index in [1.54, 1.807) is 0 Å². The van der Waals surface area contributed by atoms with E-state index in [2.05, 4.69) is 27.8 Å². The molecule has 0 saturated carbocycles. The maximum Gasteiger partial charge on any atom is 0.129 e. The summed E-state index contributed by atoms with van der Waals surface area (Å²) in [5, 5.41) is 0. The van der Waals surface area contributed by atoms with Crippen molar-refractivity contribution in [2.45, 2.75) is 51.2 Å². The maximum absolute atomic E-state index is 6.00. The van der Waals surface area contributed by atoms with Crippen LogP contribution in [-0.2, 0) is 0 Å². The van der Waals surface area contributed by atoms with Crippen molar-refractivity contribution in [2.24, 2.45) is 5.73 Å². The lowest BCUT2D eigenvalue weighted by atomic mass is 9.97. The van der Waals surface area contributed by atoms with Gasteiger partial charge in [-0.25, -0.2) is 4.98 Å². The minimum atomic E-state index is 0.0722. The summed E-state index contributed by atoms with van der Waals surface area (Å²) in [6.45, 7) is 7.88. The Bertz CT molecular complexity index is 460. The Hall–Kier alpha value is -1.13. The maximum atomic E-state index is 6.00. The van der Waals surface area contributed by atoms with Crippen molar-refractivity contribution in [3.8, 4) is 0 Å². The lowest BCUT2D eigenvalue weighted by Crippen LogP contribution is -2.59. The first-order valence-corrected chi connectivity index (χ1v) is 7.87. The van der Waals surface area contributed by atoms with Gasteiger partial charge in [0.2, 0.25) is 0 Å². The zero-order chi connectivity index (χ0) is 14.1. The van der Waals surface area contributed by atoms with E-state index >= 15 is 0 Å². The molecule has 0 radical (unpaired) electrons. The standard InChI is InChI=1S/C16H26N4/c1-12-10-19-8-4-3-5-15(19)11-20(12)16-9-14(13(2)17)6-7-18-16/h6-7,9,12-13,15H,3-5,8,10-11,17H2,1-2H3/t12?,13-,15?/m1/s1. The number of hydrogen-bond acceptors (Lipinski definition) is 4. The van der Waals surface area contributed by atoms with Crippen molar-refractivity contribution in [1.29, 1.82) is 0 Å². The Morgan fingerprint density at radius 3 is 3.00 bits per heavy atom. The molecule has 2 N–H and O–H groups in total. The third kappa shape index (κ3) is 2.67. The molecule has 3 rings (SSSR count). The van der Waals surface area contributed by atoms with E-state index in [0.29, 0.717) is 12.1 Å². The highest BCUT2D eigenvalue weighted by molar-refractivity contribution is 5.44. The Balaban J connectivity index is 1.80. The number of rotatable bonds is 2. The van der Waals surface area contributed by atoms with Crippen LogP contribution in [-0.4, -0.2) is 41.6 Å². The van der Waals surface area contributed by atoms with Crippen molar-refractivity contribution in [1.82, 2.24) is 9.88 Å². The normalized spacial score (nSPS) is 29.1. The first-order valence-electron chi connectivity index (χ1n) is 7.87. The number of hydrogen-bond donors (Lipinski definition) is 1. The van der Waals surface area contributed by atoms with Crippen molar-refractivity contribution in [2.75, 3.05) is 24.5 Å². The Kier molecular flexibility index (Phi) is 3.94. The Labute approximate surface area is 122 Å². The quantitative estimate of drug-likeness (QED) is 0.897.